The lowest BCUT2D eigenvalue weighted by molar-refractivity contribution is -0.119. The molecule has 0 atom stereocenters. The molecule has 0 aliphatic rings. The summed E-state index contributed by atoms with van der Waals surface area (Å²) < 4.78 is 5.68. The first kappa shape index (κ1) is 17.9. The number of rotatable bonds is 5. The second kappa shape index (κ2) is 7.61. The van der Waals surface area contributed by atoms with Gasteiger partial charge >= 0.3 is 0 Å². The van der Waals surface area contributed by atoms with Gasteiger partial charge in [0.15, 0.2) is 10.9 Å². The van der Waals surface area contributed by atoms with Crippen molar-refractivity contribution in [1.82, 2.24) is 15.3 Å². The van der Waals surface area contributed by atoms with Crippen LogP contribution >= 0.6 is 11.3 Å². The highest BCUT2D eigenvalue weighted by Gasteiger charge is 2.13. The predicted octanol–water partition coefficient (Wildman–Crippen LogP) is 3.84. The normalized spacial score (nSPS) is 10.8. The van der Waals surface area contributed by atoms with Gasteiger partial charge in [0.25, 0.3) is 5.91 Å². The highest BCUT2D eigenvalue weighted by atomic mass is 32.1. The fourth-order valence-electron chi connectivity index (χ4n) is 2.62. The van der Waals surface area contributed by atoms with Crippen LogP contribution in [-0.4, -0.2) is 21.8 Å². The average Bonchev–Trinajstić information content (AvgIpc) is 3.35. The maximum absolute atomic E-state index is 12.5. The third-order valence-electron chi connectivity index (χ3n) is 3.98. The van der Waals surface area contributed by atoms with Crippen molar-refractivity contribution in [1.29, 1.82) is 0 Å². The monoisotopic (exact) mass is 392 g/mol. The summed E-state index contributed by atoms with van der Waals surface area (Å²) in [6, 6.07) is 14.7. The van der Waals surface area contributed by atoms with Crippen LogP contribution in [-0.2, 0) is 11.3 Å². The van der Waals surface area contributed by atoms with E-state index in [1.54, 1.807) is 23.6 Å². The highest BCUT2D eigenvalue weighted by molar-refractivity contribution is 7.14. The molecular formula is C20H16N4O3S. The Kier molecular flexibility index (Phi) is 4.86. The molecule has 0 bridgehead atoms. The van der Waals surface area contributed by atoms with E-state index in [0.717, 1.165) is 10.9 Å². The van der Waals surface area contributed by atoms with Crippen LogP contribution in [0.25, 0.3) is 22.4 Å². The number of carbonyl (C=O) groups is 2. The Hall–Kier alpha value is -3.52. The van der Waals surface area contributed by atoms with Crippen molar-refractivity contribution < 1.29 is 14.0 Å². The van der Waals surface area contributed by atoms with Crippen LogP contribution in [0.15, 0.2) is 58.3 Å². The zero-order valence-electron chi connectivity index (χ0n) is 14.9. The number of amides is 2. The molecule has 7 nitrogen and oxygen atoms in total. The lowest BCUT2D eigenvalue weighted by Crippen LogP contribution is -2.18. The first-order valence-electron chi connectivity index (χ1n) is 8.55. The summed E-state index contributed by atoms with van der Waals surface area (Å²) in [5, 5.41) is 8.67. The number of aromatic nitrogens is 2. The van der Waals surface area contributed by atoms with Crippen LogP contribution < -0.4 is 10.6 Å². The summed E-state index contributed by atoms with van der Waals surface area (Å²) in [6.07, 6.45) is 0. The summed E-state index contributed by atoms with van der Waals surface area (Å²) in [5.41, 5.74) is 1.70. The minimum Gasteiger partial charge on any atom is -0.458 e. The van der Waals surface area contributed by atoms with E-state index in [4.69, 9.17) is 4.42 Å². The lowest BCUT2D eigenvalue weighted by Gasteiger charge is -2.02. The summed E-state index contributed by atoms with van der Waals surface area (Å²) in [6.45, 7) is 1.76. The number of hydrogen-bond acceptors (Lipinski definition) is 6. The van der Waals surface area contributed by atoms with E-state index in [9.17, 15) is 9.59 Å². The molecule has 0 spiro atoms. The fourth-order valence-corrected chi connectivity index (χ4v) is 3.31. The Morgan fingerprint density at radius 3 is 2.79 bits per heavy atom. The quantitative estimate of drug-likeness (QED) is 0.538. The van der Waals surface area contributed by atoms with E-state index in [2.05, 4.69) is 20.6 Å². The molecule has 4 aromatic rings. The molecule has 0 unspecified atom stereocenters. The predicted molar refractivity (Wildman–Crippen MR) is 107 cm³/mol. The van der Waals surface area contributed by atoms with Gasteiger partial charge in [-0.2, -0.15) is 0 Å². The summed E-state index contributed by atoms with van der Waals surface area (Å²) in [7, 11) is 0. The second-order valence-corrected chi connectivity index (χ2v) is 6.92. The second-order valence-electron chi connectivity index (χ2n) is 6.06. The third kappa shape index (κ3) is 3.91. The van der Waals surface area contributed by atoms with Gasteiger partial charge in [-0.1, -0.05) is 24.3 Å². The molecule has 0 fully saturated rings. The van der Waals surface area contributed by atoms with Crippen LogP contribution in [0.3, 0.4) is 0 Å². The number of fused-ring (bicyclic) bond motifs is 1. The zero-order valence-corrected chi connectivity index (χ0v) is 15.7. The molecular weight excluding hydrogens is 376 g/mol. The number of pyridine rings is 1. The number of nitrogens with one attached hydrogen (secondary N) is 2. The minimum atomic E-state index is -0.322. The third-order valence-corrected chi connectivity index (χ3v) is 4.74. The SMILES string of the molecule is CC(=O)NCc1ccc(-c2csc(NC(=O)c3ccc4ccccc4n3)n2)o1. The zero-order chi connectivity index (χ0) is 19.5. The Balaban J connectivity index is 1.46. The maximum Gasteiger partial charge on any atom is 0.276 e. The van der Waals surface area contributed by atoms with Gasteiger partial charge in [-0.3, -0.25) is 14.9 Å². The molecule has 8 heteroatoms. The van der Waals surface area contributed by atoms with Gasteiger partial charge in [0.1, 0.15) is 17.1 Å². The van der Waals surface area contributed by atoms with Crippen LogP contribution in [0.5, 0.6) is 0 Å². The van der Waals surface area contributed by atoms with Gasteiger partial charge in [-0.15, -0.1) is 11.3 Å². The van der Waals surface area contributed by atoms with Crippen LogP contribution in [0.1, 0.15) is 23.2 Å². The first-order chi connectivity index (χ1) is 13.6. The minimum absolute atomic E-state index is 0.126. The number of benzene rings is 1. The van der Waals surface area contributed by atoms with Crippen LogP contribution in [0.2, 0.25) is 0 Å². The molecule has 0 aliphatic carbocycles. The van der Waals surface area contributed by atoms with E-state index in [0.29, 0.717) is 34.6 Å². The summed E-state index contributed by atoms with van der Waals surface area (Å²) in [4.78, 5) is 32.2. The summed E-state index contributed by atoms with van der Waals surface area (Å²) in [5.74, 6) is 0.751. The number of thiazole rings is 1. The molecule has 140 valence electrons. The van der Waals surface area contributed by atoms with Gasteiger partial charge in [-0.05, 0) is 24.3 Å². The molecule has 4 rings (SSSR count). The Labute approximate surface area is 164 Å². The number of hydrogen-bond donors (Lipinski definition) is 2. The van der Waals surface area contributed by atoms with Gasteiger partial charge in [0, 0.05) is 17.7 Å². The van der Waals surface area contributed by atoms with E-state index in [-0.39, 0.29) is 11.8 Å². The number of furan rings is 1. The van der Waals surface area contributed by atoms with Crippen molar-refractivity contribution in [3.63, 3.8) is 0 Å². The van der Waals surface area contributed by atoms with Gasteiger partial charge in [-0.25, -0.2) is 9.97 Å². The largest absolute Gasteiger partial charge is 0.458 e. The molecule has 3 aromatic heterocycles. The molecule has 2 N–H and O–H groups in total. The Morgan fingerprint density at radius 1 is 1.07 bits per heavy atom. The van der Waals surface area contributed by atoms with Crippen molar-refractivity contribution in [2.75, 3.05) is 5.32 Å². The standard InChI is InChI=1S/C20H16N4O3S/c1-12(25)21-10-14-7-9-18(27-14)17-11-28-20(23-17)24-19(26)16-8-6-13-4-2-3-5-15(13)22-16/h2-9,11H,10H2,1H3,(H,21,25)(H,23,24,26). The van der Waals surface area contributed by atoms with Gasteiger partial charge in [0.2, 0.25) is 5.91 Å². The van der Waals surface area contributed by atoms with Gasteiger partial charge in [0.05, 0.1) is 12.1 Å². The van der Waals surface area contributed by atoms with Crippen molar-refractivity contribution in [3.8, 4) is 11.5 Å². The molecule has 2 amide bonds. The Morgan fingerprint density at radius 2 is 1.93 bits per heavy atom. The molecule has 3 heterocycles. The van der Waals surface area contributed by atoms with Crippen molar-refractivity contribution in [2.45, 2.75) is 13.5 Å². The molecule has 0 radical (unpaired) electrons. The number of nitrogens with zero attached hydrogens (tertiary/aromatic N) is 2. The van der Waals surface area contributed by atoms with Crippen molar-refractivity contribution in [2.24, 2.45) is 0 Å². The van der Waals surface area contributed by atoms with Crippen LogP contribution in [0.4, 0.5) is 5.13 Å². The van der Waals surface area contributed by atoms with E-state index >= 15 is 0 Å². The average molecular weight is 392 g/mol. The smallest absolute Gasteiger partial charge is 0.276 e. The number of anilines is 1. The molecule has 1 aromatic carbocycles. The molecule has 28 heavy (non-hydrogen) atoms. The van der Waals surface area contributed by atoms with E-state index < -0.39 is 0 Å². The number of carbonyl (C=O) groups excluding carboxylic acids is 2. The van der Waals surface area contributed by atoms with Crippen LogP contribution in [0, 0.1) is 0 Å². The number of para-hydroxylation sites is 1. The topological polar surface area (TPSA) is 97.1 Å². The first-order valence-corrected chi connectivity index (χ1v) is 9.42. The summed E-state index contributed by atoms with van der Waals surface area (Å²) >= 11 is 1.30. The van der Waals surface area contributed by atoms with E-state index in [1.165, 1.54) is 18.3 Å². The lowest BCUT2D eigenvalue weighted by atomic mass is 10.2. The molecule has 0 saturated carbocycles. The van der Waals surface area contributed by atoms with Gasteiger partial charge < -0.3 is 9.73 Å². The molecule has 0 saturated heterocycles. The molecule has 0 aliphatic heterocycles. The highest BCUT2D eigenvalue weighted by Crippen LogP contribution is 2.27. The van der Waals surface area contributed by atoms with E-state index in [1.807, 2.05) is 30.3 Å². The van der Waals surface area contributed by atoms with Crippen molar-refractivity contribution >= 4 is 39.2 Å². The fraction of sp³-hybridized carbons (Fsp3) is 0.100. The Bertz CT molecular complexity index is 1160. The maximum atomic E-state index is 12.5. The van der Waals surface area contributed by atoms with Crippen molar-refractivity contribution in [3.05, 3.63) is 65.4 Å².